The molecule has 0 amide bonds. The van der Waals surface area contributed by atoms with Crippen molar-refractivity contribution in [3.63, 3.8) is 0 Å². The van der Waals surface area contributed by atoms with Crippen molar-refractivity contribution in [1.82, 2.24) is 10.2 Å². The Morgan fingerprint density at radius 1 is 1.14 bits per heavy atom. The van der Waals surface area contributed by atoms with Gasteiger partial charge < -0.3 is 10.1 Å². The number of nitrogens with one attached hydrogen (secondary N) is 1. The highest BCUT2D eigenvalue weighted by Gasteiger charge is 2.20. The summed E-state index contributed by atoms with van der Waals surface area (Å²) in [4.78, 5) is 2.36. The largest absolute Gasteiger partial charge is 0.492 e. The van der Waals surface area contributed by atoms with E-state index < -0.39 is 0 Å². The van der Waals surface area contributed by atoms with Crippen LogP contribution in [0.15, 0.2) is 24.3 Å². The second kappa shape index (κ2) is 9.06. The molecule has 0 fully saturated rings. The Bertz CT molecular complexity index is 387. The molecule has 0 aliphatic rings. The molecule has 3 nitrogen and oxygen atoms in total. The smallest absolute Gasteiger partial charge is 0.119 e. The molecule has 0 aliphatic carbocycles. The predicted octanol–water partition coefficient (Wildman–Crippen LogP) is 3.69. The number of rotatable bonds is 10. The van der Waals surface area contributed by atoms with Crippen molar-refractivity contribution in [3.05, 3.63) is 29.8 Å². The monoisotopic (exact) mass is 292 g/mol. The van der Waals surface area contributed by atoms with Gasteiger partial charge in [-0.15, -0.1) is 0 Å². The lowest BCUT2D eigenvalue weighted by molar-refractivity contribution is 0.125. The fourth-order valence-corrected chi connectivity index (χ4v) is 1.99. The standard InChI is InChI=1S/C18H32N2O/c1-6-12-19-15-16-8-10-17(11-9-16)21-14-13-20(5)18(3,4)7-2/h8-11,19H,6-7,12-15H2,1-5H3. The Labute approximate surface area is 130 Å². The zero-order valence-electron chi connectivity index (χ0n) is 14.4. The fourth-order valence-electron chi connectivity index (χ4n) is 1.99. The molecule has 1 aromatic carbocycles. The van der Waals surface area contributed by atoms with E-state index >= 15 is 0 Å². The molecule has 0 atom stereocenters. The molecule has 0 heterocycles. The van der Waals surface area contributed by atoms with Crippen LogP contribution in [0.25, 0.3) is 0 Å². The van der Waals surface area contributed by atoms with Gasteiger partial charge >= 0.3 is 0 Å². The first kappa shape index (κ1) is 18.0. The summed E-state index contributed by atoms with van der Waals surface area (Å²) in [6, 6.07) is 8.40. The van der Waals surface area contributed by atoms with Gasteiger partial charge in [-0.3, -0.25) is 4.90 Å². The number of nitrogens with zero attached hydrogens (tertiary/aromatic N) is 1. The highest BCUT2D eigenvalue weighted by molar-refractivity contribution is 5.27. The van der Waals surface area contributed by atoms with Crippen LogP contribution in [0.2, 0.25) is 0 Å². The minimum Gasteiger partial charge on any atom is -0.492 e. The average molecular weight is 292 g/mol. The summed E-state index contributed by atoms with van der Waals surface area (Å²) >= 11 is 0. The molecule has 0 saturated heterocycles. The van der Waals surface area contributed by atoms with Crippen molar-refractivity contribution >= 4 is 0 Å². The molecule has 3 heteroatoms. The topological polar surface area (TPSA) is 24.5 Å². The van der Waals surface area contributed by atoms with E-state index in [1.807, 2.05) is 0 Å². The first-order chi connectivity index (χ1) is 9.99. The minimum absolute atomic E-state index is 0.234. The van der Waals surface area contributed by atoms with Crippen LogP contribution < -0.4 is 10.1 Å². The van der Waals surface area contributed by atoms with Gasteiger partial charge in [0.2, 0.25) is 0 Å². The average Bonchev–Trinajstić information content (AvgIpc) is 2.49. The molecule has 0 bridgehead atoms. The maximum atomic E-state index is 5.83. The molecule has 1 aromatic rings. The number of ether oxygens (including phenoxy) is 1. The van der Waals surface area contributed by atoms with Gasteiger partial charge in [-0.1, -0.05) is 26.0 Å². The Kier molecular flexibility index (Phi) is 7.76. The van der Waals surface area contributed by atoms with E-state index in [0.717, 1.165) is 38.4 Å². The fraction of sp³-hybridized carbons (Fsp3) is 0.667. The Balaban J connectivity index is 2.33. The van der Waals surface area contributed by atoms with Crippen molar-refractivity contribution in [2.45, 2.75) is 52.6 Å². The number of hydrogen-bond acceptors (Lipinski definition) is 3. The van der Waals surface area contributed by atoms with Gasteiger partial charge in [-0.05, 0) is 58.0 Å². The summed E-state index contributed by atoms with van der Waals surface area (Å²) in [7, 11) is 2.16. The van der Waals surface area contributed by atoms with E-state index in [0.29, 0.717) is 0 Å². The third-order valence-corrected chi connectivity index (χ3v) is 4.27. The number of hydrogen-bond donors (Lipinski definition) is 1. The third kappa shape index (κ3) is 6.49. The number of likely N-dealkylation sites (N-methyl/N-ethyl adjacent to an activating group) is 1. The lowest BCUT2D eigenvalue weighted by Crippen LogP contribution is -2.42. The van der Waals surface area contributed by atoms with Crippen molar-refractivity contribution < 1.29 is 4.74 Å². The van der Waals surface area contributed by atoms with Gasteiger partial charge in [-0.25, -0.2) is 0 Å². The van der Waals surface area contributed by atoms with Crippen molar-refractivity contribution in [2.24, 2.45) is 0 Å². The molecular weight excluding hydrogens is 260 g/mol. The van der Waals surface area contributed by atoms with Crippen LogP contribution in [-0.2, 0) is 6.54 Å². The van der Waals surface area contributed by atoms with Crippen molar-refractivity contribution in [2.75, 3.05) is 26.7 Å². The van der Waals surface area contributed by atoms with Crippen LogP contribution in [0.3, 0.4) is 0 Å². The highest BCUT2D eigenvalue weighted by Crippen LogP contribution is 2.16. The molecule has 0 saturated carbocycles. The van der Waals surface area contributed by atoms with Crippen LogP contribution in [0.5, 0.6) is 5.75 Å². The maximum absolute atomic E-state index is 5.83. The summed E-state index contributed by atoms with van der Waals surface area (Å²) in [5.41, 5.74) is 1.54. The van der Waals surface area contributed by atoms with E-state index in [4.69, 9.17) is 4.74 Å². The Morgan fingerprint density at radius 3 is 2.38 bits per heavy atom. The molecule has 21 heavy (non-hydrogen) atoms. The summed E-state index contributed by atoms with van der Waals surface area (Å²) in [5, 5.41) is 3.40. The van der Waals surface area contributed by atoms with Gasteiger partial charge in [0.1, 0.15) is 12.4 Å². The lowest BCUT2D eigenvalue weighted by Gasteiger charge is -2.34. The summed E-state index contributed by atoms with van der Waals surface area (Å²) in [6.45, 7) is 12.6. The van der Waals surface area contributed by atoms with Crippen molar-refractivity contribution in [1.29, 1.82) is 0 Å². The van der Waals surface area contributed by atoms with E-state index in [2.05, 4.69) is 69.2 Å². The summed E-state index contributed by atoms with van der Waals surface area (Å²) in [6.07, 6.45) is 2.31. The Hall–Kier alpha value is -1.06. The van der Waals surface area contributed by atoms with Crippen LogP contribution in [0, 0.1) is 0 Å². The molecule has 0 radical (unpaired) electrons. The van der Waals surface area contributed by atoms with E-state index in [9.17, 15) is 0 Å². The molecular formula is C18H32N2O. The van der Waals surface area contributed by atoms with E-state index in [-0.39, 0.29) is 5.54 Å². The van der Waals surface area contributed by atoms with E-state index in [1.54, 1.807) is 0 Å². The molecule has 0 aliphatic heterocycles. The van der Waals surface area contributed by atoms with Crippen LogP contribution in [0.4, 0.5) is 0 Å². The van der Waals surface area contributed by atoms with Gasteiger partial charge in [0.25, 0.3) is 0 Å². The number of benzene rings is 1. The zero-order valence-corrected chi connectivity index (χ0v) is 14.4. The zero-order chi connectivity index (χ0) is 15.7. The molecule has 1 N–H and O–H groups in total. The van der Waals surface area contributed by atoms with Crippen LogP contribution in [0.1, 0.15) is 46.1 Å². The van der Waals surface area contributed by atoms with Gasteiger partial charge in [-0.2, -0.15) is 0 Å². The van der Waals surface area contributed by atoms with Gasteiger partial charge in [0, 0.05) is 18.6 Å². The van der Waals surface area contributed by atoms with Crippen LogP contribution in [-0.4, -0.2) is 37.2 Å². The first-order valence-electron chi connectivity index (χ1n) is 8.13. The molecule has 0 spiro atoms. The second-order valence-corrected chi connectivity index (χ2v) is 6.26. The molecule has 0 aromatic heterocycles. The molecule has 0 unspecified atom stereocenters. The Morgan fingerprint density at radius 2 is 1.81 bits per heavy atom. The normalized spacial score (nSPS) is 11.9. The summed E-state index contributed by atoms with van der Waals surface area (Å²) in [5.74, 6) is 0.956. The minimum atomic E-state index is 0.234. The molecule has 1 rings (SSSR count). The van der Waals surface area contributed by atoms with Crippen molar-refractivity contribution in [3.8, 4) is 5.75 Å². The lowest BCUT2D eigenvalue weighted by atomic mass is 10.0. The SMILES string of the molecule is CCCNCc1ccc(OCCN(C)C(C)(C)CC)cc1. The summed E-state index contributed by atoms with van der Waals surface area (Å²) < 4.78 is 5.83. The van der Waals surface area contributed by atoms with Gasteiger partial charge in [0.05, 0.1) is 0 Å². The maximum Gasteiger partial charge on any atom is 0.119 e. The third-order valence-electron chi connectivity index (χ3n) is 4.27. The second-order valence-electron chi connectivity index (χ2n) is 6.26. The first-order valence-corrected chi connectivity index (χ1v) is 8.13. The predicted molar refractivity (Wildman–Crippen MR) is 90.9 cm³/mol. The highest BCUT2D eigenvalue weighted by atomic mass is 16.5. The van der Waals surface area contributed by atoms with E-state index in [1.165, 1.54) is 12.0 Å². The quantitative estimate of drug-likeness (QED) is 0.666. The van der Waals surface area contributed by atoms with Gasteiger partial charge in [0.15, 0.2) is 0 Å². The molecule has 120 valence electrons. The van der Waals surface area contributed by atoms with Crippen LogP contribution >= 0.6 is 0 Å².